The van der Waals surface area contributed by atoms with Gasteiger partial charge in [0.05, 0.1) is 0 Å². The summed E-state index contributed by atoms with van der Waals surface area (Å²) < 4.78 is 7.30. The van der Waals surface area contributed by atoms with E-state index < -0.39 is 16.9 Å². The van der Waals surface area contributed by atoms with Crippen LogP contribution in [-0.2, 0) is 43.1 Å². The SMILES string of the molecule is CN(Cc1ccc(/S(N=O)=N/C(=O)Nc2c3c(cc4c2CCC4)CCC3)cc1)CC1CC1. The van der Waals surface area contributed by atoms with Gasteiger partial charge in [0.2, 0.25) is 0 Å². The number of nitrogens with zero attached hydrogens (tertiary/aromatic N) is 3. The summed E-state index contributed by atoms with van der Waals surface area (Å²) in [5, 5.41) is 3.03. The van der Waals surface area contributed by atoms with Gasteiger partial charge in [-0.25, -0.2) is 4.79 Å². The molecule has 5 rings (SSSR count). The fourth-order valence-corrected chi connectivity index (χ4v) is 5.93. The second-order valence-corrected chi connectivity index (χ2v) is 10.7. The molecule has 1 N–H and O–H groups in total. The molecular formula is C25H30N4O2S. The predicted molar refractivity (Wildman–Crippen MR) is 129 cm³/mol. The van der Waals surface area contributed by atoms with Crippen LogP contribution in [-0.4, -0.2) is 24.5 Å². The normalized spacial score (nSPS) is 17.9. The molecule has 2 amide bonds. The molecule has 1 atom stereocenters. The number of hydrogen-bond donors (Lipinski definition) is 1. The van der Waals surface area contributed by atoms with E-state index in [0.717, 1.165) is 63.2 Å². The van der Waals surface area contributed by atoms with Crippen LogP contribution in [0.3, 0.4) is 0 Å². The molecule has 6 nitrogen and oxygen atoms in total. The van der Waals surface area contributed by atoms with Crippen molar-refractivity contribution in [3.05, 3.63) is 63.1 Å². The lowest BCUT2D eigenvalue weighted by Gasteiger charge is -2.16. The fourth-order valence-electron chi connectivity index (χ4n) is 5.12. The van der Waals surface area contributed by atoms with Crippen molar-refractivity contribution in [3.8, 4) is 0 Å². The average Bonchev–Trinajstić information content (AvgIpc) is 3.26. The number of fused-ring (bicyclic) bond motifs is 2. The lowest BCUT2D eigenvalue weighted by molar-refractivity contribution is 0.260. The van der Waals surface area contributed by atoms with E-state index in [4.69, 9.17) is 0 Å². The Labute approximate surface area is 192 Å². The summed E-state index contributed by atoms with van der Waals surface area (Å²) in [6.45, 7) is 2.01. The molecule has 7 heteroatoms. The van der Waals surface area contributed by atoms with E-state index in [-0.39, 0.29) is 0 Å². The Kier molecular flexibility index (Phi) is 6.20. The summed E-state index contributed by atoms with van der Waals surface area (Å²) in [5.74, 6) is 0.855. The number of nitrogens with one attached hydrogen (secondary N) is 1. The van der Waals surface area contributed by atoms with Crippen molar-refractivity contribution in [2.45, 2.75) is 62.8 Å². The van der Waals surface area contributed by atoms with E-state index in [1.165, 1.54) is 40.7 Å². The van der Waals surface area contributed by atoms with Crippen LogP contribution in [0.5, 0.6) is 0 Å². The van der Waals surface area contributed by atoms with E-state index in [1.807, 2.05) is 24.3 Å². The third kappa shape index (κ3) is 4.69. The Morgan fingerprint density at radius 2 is 1.72 bits per heavy atom. The zero-order chi connectivity index (χ0) is 22.1. The molecule has 1 saturated carbocycles. The first-order valence-corrected chi connectivity index (χ1v) is 12.8. The molecule has 0 aromatic heterocycles. The number of hydrogen-bond acceptors (Lipinski definition) is 3. The fraction of sp³-hybridized carbons (Fsp3) is 0.480. The minimum absolute atomic E-state index is 0.476. The molecule has 3 aliphatic carbocycles. The van der Waals surface area contributed by atoms with Gasteiger partial charge in [-0.05, 0) is 104 Å². The van der Waals surface area contributed by atoms with E-state index in [1.54, 1.807) is 0 Å². The van der Waals surface area contributed by atoms with Crippen molar-refractivity contribution in [1.82, 2.24) is 4.90 Å². The van der Waals surface area contributed by atoms with Crippen molar-refractivity contribution in [2.75, 3.05) is 18.9 Å². The molecule has 168 valence electrons. The molecule has 3 aliphatic rings. The van der Waals surface area contributed by atoms with Crippen LogP contribution in [0.4, 0.5) is 10.5 Å². The van der Waals surface area contributed by atoms with Crippen LogP contribution < -0.4 is 5.32 Å². The highest BCUT2D eigenvalue weighted by Gasteiger charge is 2.25. The van der Waals surface area contributed by atoms with Gasteiger partial charge in [-0.2, -0.15) is 0 Å². The van der Waals surface area contributed by atoms with E-state index in [9.17, 15) is 9.70 Å². The minimum atomic E-state index is -1.35. The van der Waals surface area contributed by atoms with Gasteiger partial charge in [0.15, 0.2) is 0 Å². The molecule has 0 bridgehead atoms. The van der Waals surface area contributed by atoms with E-state index in [0.29, 0.717) is 4.90 Å². The first-order chi connectivity index (χ1) is 15.6. The molecule has 32 heavy (non-hydrogen) atoms. The van der Waals surface area contributed by atoms with Gasteiger partial charge < -0.3 is 10.2 Å². The van der Waals surface area contributed by atoms with Crippen LogP contribution in [0.1, 0.15) is 53.5 Å². The highest BCUT2D eigenvalue weighted by atomic mass is 32.2. The maximum Gasteiger partial charge on any atom is 0.353 e. The summed E-state index contributed by atoms with van der Waals surface area (Å²) in [5.41, 5.74) is 7.36. The Hall–Kier alpha value is -2.38. The number of carbonyl (C=O) groups excluding carboxylic acids is 1. The summed E-state index contributed by atoms with van der Waals surface area (Å²) in [4.78, 5) is 27.3. The standard InChI is InChI=1S/C25H30N4O2S/c1-29(15-17-8-9-17)16-18-10-12-21(13-11-18)32(28-31)27-25(30)26-24-22-6-2-4-19(22)14-20-5-3-7-23(20)24/h10-14,17H,2-9,15-16H2,1H3,(H,26,30). The summed E-state index contributed by atoms with van der Waals surface area (Å²) in [6, 6.07) is 9.62. The Morgan fingerprint density at radius 1 is 1.06 bits per heavy atom. The molecule has 0 aliphatic heterocycles. The number of urea groups is 1. The molecule has 0 radical (unpaired) electrons. The van der Waals surface area contributed by atoms with Crippen LogP contribution >= 0.6 is 0 Å². The van der Waals surface area contributed by atoms with Crippen molar-refractivity contribution < 1.29 is 4.79 Å². The maximum atomic E-state index is 12.8. The minimum Gasteiger partial charge on any atom is -0.305 e. The van der Waals surface area contributed by atoms with Gasteiger partial charge in [0, 0.05) is 28.3 Å². The Bertz CT molecular complexity index is 1040. The maximum absolute atomic E-state index is 12.8. The van der Waals surface area contributed by atoms with Crippen molar-refractivity contribution >= 4 is 22.6 Å². The van der Waals surface area contributed by atoms with E-state index >= 15 is 0 Å². The lowest BCUT2D eigenvalue weighted by Crippen LogP contribution is -2.20. The summed E-state index contributed by atoms with van der Waals surface area (Å²) in [7, 11) is 0.793. The molecule has 2 aromatic rings. The number of benzene rings is 2. The predicted octanol–water partition coefficient (Wildman–Crippen LogP) is 5.58. The third-order valence-electron chi connectivity index (χ3n) is 6.80. The first-order valence-electron chi connectivity index (χ1n) is 11.7. The van der Waals surface area contributed by atoms with Crippen molar-refractivity contribution in [2.24, 2.45) is 14.9 Å². The second-order valence-electron chi connectivity index (χ2n) is 9.38. The van der Waals surface area contributed by atoms with Crippen LogP contribution in [0.15, 0.2) is 44.2 Å². The van der Waals surface area contributed by atoms with Gasteiger partial charge in [-0.15, -0.1) is 9.27 Å². The molecular weight excluding hydrogens is 420 g/mol. The van der Waals surface area contributed by atoms with Crippen LogP contribution in [0, 0.1) is 10.8 Å². The summed E-state index contributed by atoms with van der Waals surface area (Å²) in [6.07, 6.45) is 9.07. The number of rotatable bonds is 7. The average molecular weight is 451 g/mol. The van der Waals surface area contributed by atoms with Gasteiger partial charge >= 0.3 is 6.03 Å². The zero-order valence-corrected chi connectivity index (χ0v) is 19.4. The number of nitroso groups, excluding NO2 is 1. The number of aryl methyl sites for hydroxylation is 2. The monoisotopic (exact) mass is 450 g/mol. The zero-order valence-electron chi connectivity index (χ0n) is 18.6. The topological polar surface area (TPSA) is 74.1 Å². The molecule has 0 saturated heterocycles. The number of amides is 2. The van der Waals surface area contributed by atoms with Crippen molar-refractivity contribution in [1.29, 1.82) is 0 Å². The number of carbonyl (C=O) groups is 1. The molecule has 1 unspecified atom stereocenters. The molecule has 2 aromatic carbocycles. The highest BCUT2D eigenvalue weighted by molar-refractivity contribution is 7.86. The lowest BCUT2D eigenvalue weighted by atomic mass is 9.99. The largest absolute Gasteiger partial charge is 0.353 e. The smallest absolute Gasteiger partial charge is 0.305 e. The quantitative estimate of drug-likeness (QED) is 0.560. The number of anilines is 1. The second kappa shape index (κ2) is 9.24. The van der Waals surface area contributed by atoms with Gasteiger partial charge in [0.1, 0.15) is 10.9 Å². The van der Waals surface area contributed by atoms with Crippen LogP contribution in [0.25, 0.3) is 0 Å². The third-order valence-corrected chi connectivity index (χ3v) is 7.97. The molecule has 0 heterocycles. The molecule has 1 fully saturated rings. The Balaban J connectivity index is 1.31. The van der Waals surface area contributed by atoms with Gasteiger partial charge in [0.25, 0.3) is 0 Å². The van der Waals surface area contributed by atoms with Gasteiger partial charge in [-0.1, -0.05) is 18.2 Å². The highest BCUT2D eigenvalue weighted by Crippen LogP contribution is 2.38. The van der Waals surface area contributed by atoms with Crippen molar-refractivity contribution in [3.63, 3.8) is 0 Å². The van der Waals surface area contributed by atoms with E-state index in [2.05, 4.69) is 32.3 Å². The van der Waals surface area contributed by atoms with Crippen LogP contribution in [0.2, 0.25) is 0 Å². The first kappa shape index (κ1) is 21.5. The molecule has 0 spiro atoms. The Morgan fingerprint density at radius 3 is 2.31 bits per heavy atom. The van der Waals surface area contributed by atoms with Gasteiger partial charge in [-0.3, -0.25) is 0 Å². The summed E-state index contributed by atoms with van der Waals surface area (Å²) >= 11 is 0.